The number of rotatable bonds is 8. The summed E-state index contributed by atoms with van der Waals surface area (Å²) in [7, 11) is 3.05. The minimum Gasteiger partial charge on any atom is -0.447 e. The minimum atomic E-state index is -0.410. The van der Waals surface area contributed by atoms with Crippen LogP contribution in [0.25, 0.3) is 0 Å². The third-order valence-corrected chi connectivity index (χ3v) is 2.63. The molecule has 18 heavy (non-hydrogen) atoms. The van der Waals surface area contributed by atoms with E-state index in [1.165, 1.54) is 19.1 Å². The largest absolute Gasteiger partial charge is 0.447 e. The van der Waals surface area contributed by atoms with Crippen LogP contribution in [0.3, 0.4) is 0 Å². The van der Waals surface area contributed by atoms with Gasteiger partial charge in [-0.2, -0.15) is 0 Å². The summed E-state index contributed by atoms with van der Waals surface area (Å²) < 4.78 is 20.3. The highest BCUT2D eigenvalue weighted by molar-refractivity contribution is 6.18. The summed E-state index contributed by atoms with van der Waals surface area (Å²) in [5.74, 6) is 0.374. The molecular weight excluding hydrogens is 262 g/mol. The average molecular weight is 280 g/mol. The highest BCUT2D eigenvalue weighted by Crippen LogP contribution is 2.18. The van der Waals surface area contributed by atoms with Crippen LogP contribution in [-0.2, 0) is 18.9 Å². The molecule has 0 unspecified atom stereocenters. The van der Waals surface area contributed by atoms with Gasteiger partial charge in [-0.25, -0.2) is 4.79 Å². The molecule has 0 radical (unpaired) electrons. The zero-order valence-electron chi connectivity index (χ0n) is 10.5. The predicted octanol–water partition coefficient (Wildman–Crippen LogP) is 1.20. The molecule has 1 heterocycles. The maximum Gasteiger partial charge on any atom is 0.412 e. The summed E-state index contributed by atoms with van der Waals surface area (Å²) in [5.41, 5.74) is 0. The van der Waals surface area contributed by atoms with Crippen LogP contribution in [0.15, 0.2) is 12.2 Å². The van der Waals surface area contributed by atoms with E-state index >= 15 is 0 Å². The Morgan fingerprint density at radius 1 is 1.56 bits per heavy atom. The van der Waals surface area contributed by atoms with Gasteiger partial charge in [-0.1, -0.05) is 12.2 Å². The van der Waals surface area contributed by atoms with Crippen LogP contribution in [0.2, 0.25) is 0 Å². The van der Waals surface area contributed by atoms with Crippen molar-refractivity contribution in [2.75, 3.05) is 40.2 Å². The molecule has 104 valence electrons. The van der Waals surface area contributed by atoms with Crippen LogP contribution >= 0.6 is 11.6 Å². The summed E-state index contributed by atoms with van der Waals surface area (Å²) >= 11 is 5.60. The number of nitrogens with zero attached hydrogens (tertiary/aromatic N) is 1. The Labute approximate surface area is 111 Å². The van der Waals surface area contributed by atoms with Crippen LogP contribution in [0.4, 0.5) is 4.79 Å². The maximum atomic E-state index is 11.5. The third-order valence-electron chi connectivity index (χ3n) is 2.45. The second-order valence-electron chi connectivity index (χ2n) is 3.65. The topological polar surface area (TPSA) is 57.2 Å². The summed E-state index contributed by atoms with van der Waals surface area (Å²) in [6.07, 6.45) is 2.80. The van der Waals surface area contributed by atoms with Crippen molar-refractivity contribution < 1.29 is 23.7 Å². The molecule has 1 aliphatic rings. The van der Waals surface area contributed by atoms with Crippen molar-refractivity contribution in [1.82, 2.24) is 4.90 Å². The van der Waals surface area contributed by atoms with Gasteiger partial charge < -0.3 is 18.9 Å². The fourth-order valence-electron chi connectivity index (χ4n) is 1.65. The van der Waals surface area contributed by atoms with E-state index < -0.39 is 6.09 Å². The second-order valence-corrected chi connectivity index (χ2v) is 3.96. The van der Waals surface area contributed by atoms with Gasteiger partial charge in [0.2, 0.25) is 0 Å². The Morgan fingerprint density at radius 3 is 2.94 bits per heavy atom. The zero-order chi connectivity index (χ0) is 13.4. The van der Waals surface area contributed by atoms with Crippen molar-refractivity contribution in [2.24, 2.45) is 0 Å². The first kappa shape index (κ1) is 15.2. The van der Waals surface area contributed by atoms with E-state index in [1.807, 2.05) is 0 Å². The second kappa shape index (κ2) is 8.31. The molecule has 0 spiro atoms. The van der Waals surface area contributed by atoms with Gasteiger partial charge in [-0.15, -0.1) is 11.6 Å². The lowest BCUT2D eigenvalue weighted by Crippen LogP contribution is -2.43. The number of cyclic esters (lactones) is 1. The van der Waals surface area contributed by atoms with E-state index in [1.54, 1.807) is 12.2 Å². The smallest absolute Gasteiger partial charge is 0.412 e. The van der Waals surface area contributed by atoms with E-state index in [0.717, 1.165) is 0 Å². The predicted molar refractivity (Wildman–Crippen MR) is 65.5 cm³/mol. The molecule has 6 nitrogen and oxygen atoms in total. The first-order valence-corrected chi connectivity index (χ1v) is 6.03. The maximum absolute atomic E-state index is 11.5. The molecular formula is C11H18ClNO5. The van der Waals surface area contributed by atoms with Gasteiger partial charge >= 0.3 is 6.09 Å². The van der Waals surface area contributed by atoms with Crippen molar-refractivity contribution >= 4 is 17.7 Å². The van der Waals surface area contributed by atoms with Crippen molar-refractivity contribution in [1.29, 1.82) is 0 Å². The number of allylic oxidation sites excluding steroid dienone is 1. The number of alkyl halides is 1. The molecule has 1 saturated heterocycles. The first-order chi connectivity index (χ1) is 8.74. The van der Waals surface area contributed by atoms with Gasteiger partial charge in [0, 0.05) is 20.1 Å². The van der Waals surface area contributed by atoms with E-state index in [9.17, 15) is 4.79 Å². The third kappa shape index (κ3) is 4.13. The number of halogens is 1. The van der Waals surface area contributed by atoms with Crippen molar-refractivity contribution in [2.45, 2.75) is 12.1 Å². The molecule has 0 bridgehead atoms. The Morgan fingerprint density at radius 2 is 2.33 bits per heavy atom. The van der Waals surface area contributed by atoms with Crippen molar-refractivity contribution in [3.8, 4) is 0 Å². The molecule has 0 aromatic rings. The number of ether oxygens (including phenoxy) is 4. The normalized spacial score (nSPS) is 21.6. The van der Waals surface area contributed by atoms with Crippen LogP contribution in [0.1, 0.15) is 0 Å². The Bertz CT molecular complexity index is 287. The molecule has 0 aromatic heterocycles. The monoisotopic (exact) mass is 279 g/mol. The van der Waals surface area contributed by atoms with Crippen molar-refractivity contribution in [3.63, 3.8) is 0 Å². The summed E-state index contributed by atoms with van der Waals surface area (Å²) in [6, 6.07) is -0.243. The van der Waals surface area contributed by atoms with E-state index in [4.69, 9.17) is 30.5 Å². The van der Waals surface area contributed by atoms with Gasteiger partial charge in [0.05, 0.1) is 0 Å². The number of hydrogen-bond donors (Lipinski definition) is 0. The quantitative estimate of drug-likeness (QED) is 0.380. The summed E-state index contributed by atoms with van der Waals surface area (Å²) in [5, 5.41) is 0. The standard InChI is InChI=1S/C11H18ClNO5/c1-15-7-13-9(6-17-11(13)14)10(4-3-5-12)18-8-16-2/h3-4,9-10H,5-8H2,1-2H3/b4-3+/t9-,10+/m0/s1. The molecule has 1 rings (SSSR count). The Kier molecular flexibility index (Phi) is 7.04. The number of carbonyl (C=O) groups is 1. The lowest BCUT2D eigenvalue weighted by molar-refractivity contribution is -0.0799. The van der Waals surface area contributed by atoms with Crippen LogP contribution in [0.5, 0.6) is 0 Å². The zero-order valence-corrected chi connectivity index (χ0v) is 11.3. The molecule has 1 amide bonds. The number of carbonyl (C=O) groups excluding carboxylic acids is 1. The van der Waals surface area contributed by atoms with E-state index in [0.29, 0.717) is 5.88 Å². The molecule has 7 heteroatoms. The molecule has 1 fully saturated rings. The highest BCUT2D eigenvalue weighted by atomic mass is 35.5. The number of methoxy groups -OCH3 is 2. The van der Waals surface area contributed by atoms with Crippen LogP contribution in [0, 0.1) is 0 Å². The molecule has 0 aromatic carbocycles. The lowest BCUT2D eigenvalue weighted by atomic mass is 10.1. The summed E-state index contributed by atoms with van der Waals surface area (Å²) in [6.45, 7) is 0.539. The first-order valence-electron chi connectivity index (χ1n) is 5.50. The highest BCUT2D eigenvalue weighted by Gasteiger charge is 2.38. The van der Waals surface area contributed by atoms with Gasteiger partial charge in [0.1, 0.15) is 32.3 Å². The van der Waals surface area contributed by atoms with Crippen molar-refractivity contribution in [3.05, 3.63) is 12.2 Å². The molecule has 1 aliphatic heterocycles. The SMILES string of the molecule is COCO[C@H](/C=C/CCl)[C@@H]1COC(=O)N1COC. The lowest BCUT2D eigenvalue weighted by Gasteiger charge is -2.26. The van der Waals surface area contributed by atoms with Crippen LogP contribution < -0.4 is 0 Å². The number of hydrogen-bond acceptors (Lipinski definition) is 5. The minimum absolute atomic E-state index is 0.128. The van der Waals surface area contributed by atoms with E-state index in [2.05, 4.69) is 0 Å². The van der Waals surface area contributed by atoms with Gasteiger partial charge in [0.25, 0.3) is 0 Å². The Balaban J connectivity index is 2.69. The van der Waals surface area contributed by atoms with E-state index in [-0.39, 0.29) is 32.3 Å². The average Bonchev–Trinajstić information content (AvgIpc) is 2.72. The fraction of sp³-hybridized carbons (Fsp3) is 0.727. The molecule has 0 saturated carbocycles. The number of amides is 1. The molecule has 0 N–H and O–H groups in total. The molecule has 2 atom stereocenters. The summed E-state index contributed by atoms with van der Waals surface area (Å²) in [4.78, 5) is 13.0. The Hall–Kier alpha value is -0.820. The van der Waals surface area contributed by atoms with Crippen LogP contribution in [-0.4, -0.2) is 63.4 Å². The van der Waals surface area contributed by atoms with Gasteiger partial charge in [0.15, 0.2) is 0 Å². The van der Waals surface area contributed by atoms with Gasteiger partial charge in [-0.3, -0.25) is 4.90 Å². The fourth-order valence-corrected chi connectivity index (χ4v) is 1.75. The molecule has 0 aliphatic carbocycles. The van der Waals surface area contributed by atoms with Gasteiger partial charge in [-0.05, 0) is 0 Å².